The first kappa shape index (κ1) is 14.9. The number of hydrogen-bond donors (Lipinski definition) is 0. The highest BCUT2D eigenvalue weighted by molar-refractivity contribution is 5.68. The first-order valence-electron chi connectivity index (χ1n) is 5.79. The monoisotopic (exact) mass is 265 g/mol. The summed E-state index contributed by atoms with van der Waals surface area (Å²) in [5.41, 5.74) is -0.415. The molecule has 0 saturated heterocycles. The molecule has 1 amide bonds. The highest BCUT2D eigenvalue weighted by atomic mass is 19.4. The van der Waals surface area contributed by atoms with E-state index in [0.717, 1.165) is 0 Å². The number of carbonyl (C=O) groups is 1. The van der Waals surface area contributed by atoms with E-state index < -0.39 is 24.3 Å². The molecule has 1 heterocycles. The fourth-order valence-electron chi connectivity index (χ4n) is 1.68. The normalized spacial score (nSPS) is 17.4. The number of rotatable bonds is 1. The van der Waals surface area contributed by atoms with Gasteiger partial charge in [-0.05, 0) is 32.8 Å². The van der Waals surface area contributed by atoms with E-state index in [1.54, 1.807) is 26.8 Å². The Balaban J connectivity index is 2.57. The highest BCUT2D eigenvalue weighted by Gasteiger charge is 2.32. The van der Waals surface area contributed by atoms with Crippen molar-refractivity contribution >= 4 is 6.09 Å². The van der Waals surface area contributed by atoms with Crippen molar-refractivity contribution in [2.75, 3.05) is 13.1 Å². The van der Waals surface area contributed by atoms with Crippen LogP contribution in [-0.4, -0.2) is 35.9 Å². The molecule has 18 heavy (non-hydrogen) atoms. The molecule has 6 heteroatoms. The molecule has 0 radical (unpaired) electrons. The molecule has 104 valence electrons. The predicted molar refractivity (Wildman–Crippen MR) is 61.2 cm³/mol. The van der Waals surface area contributed by atoms with Crippen LogP contribution in [0.2, 0.25) is 0 Å². The summed E-state index contributed by atoms with van der Waals surface area (Å²) in [5.74, 6) is 0. The molecule has 0 bridgehead atoms. The lowest BCUT2D eigenvalue weighted by Gasteiger charge is -2.30. The molecule has 0 saturated carbocycles. The van der Waals surface area contributed by atoms with Crippen molar-refractivity contribution in [2.45, 2.75) is 45.4 Å². The van der Waals surface area contributed by atoms with E-state index in [2.05, 4.69) is 0 Å². The van der Waals surface area contributed by atoms with Crippen LogP contribution in [0, 0.1) is 0 Å². The lowest BCUT2D eigenvalue weighted by Crippen LogP contribution is -2.40. The number of hydrogen-bond acceptors (Lipinski definition) is 2. The van der Waals surface area contributed by atoms with E-state index in [1.807, 2.05) is 0 Å². The van der Waals surface area contributed by atoms with Gasteiger partial charge in [-0.2, -0.15) is 13.2 Å². The van der Waals surface area contributed by atoms with Gasteiger partial charge in [0.05, 0.1) is 6.42 Å². The maximum atomic E-state index is 12.3. The zero-order chi connectivity index (χ0) is 14.0. The summed E-state index contributed by atoms with van der Waals surface area (Å²) in [5, 5.41) is 0. The molecular weight excluding hydrogens is 247 g/mol. The Morgan fingerprint density at radius 2 is 2.00 bits per heavy atom. The topological polar surface area (TPSA) is 29.5 Å². The SMILES string of the molecule is CC(C)(C)OC(=O)N1CCC=C(CC(F)(F)F)C1. The predicted octanol–water partition coefficient (Wildman–Crippen LogP) is 3.51. The second-order valence-corrected chi connectivity index (χ2v) is 5.34. The minimum absolute atomic E-state index is 0.00553. The Labute approximate surface area is 105 Å². The third-order valence-electron chi connectivity index (χ3n) is 2.31. The Morgan fingerprint density at radius 1 is 1.39 bits per heavy atom. The van der Waals surface area contributed by atoms with E-state index >= 15 is 0 Å². The molecule has 0 aromatic carbocycles. The van der Waals surface area contributed by atoms with Gasteiger partial charge < -0.3 is 9.64 Å². The van der Waals surface area contributed by atoms with Gasteiger partial charge in [-0.15, -0.1) is 0 Å². The van der Waals surface area contributed by atoms with Gasteiger partial charge in [-0.3, -0.25) is 0 Å². The number of nitrogens with zero attached hydrogens (tertiary/aromatic N) is 1. The molecule has 3 nitrogen and oxygen atoms in total. The summed E-state index contributed by atoms with van der Waals surface area (Å²) in [6.45, 7) is 5.56. The molecule has 1 rings (SSSR count). The maximum Gasteiger partial charge on any atom is 0.410 e. The van der Waals surface area contributed by atoms with E-state index in [0.29, 0.717) is 13.0 Å². The van der Waals surface area contributed by atoms with E-state index in [4.69, 9.17) is 4.74 Å². The largest absolute Gasteiger partial charge is 0.444 e. The van der Waals surface area contributed by atoms with Gasteiger partial charge in [0.25, 0.3) is 0 Å². The molecule has 0 aliphatic carbocycles. The van der Waals surface area contributed by atoms with Crippen LogP contribution in [0.25, 0.3) is 0 Å². The number of alkyl halides is 3. The van der Waals surface area contributed by atoms with Crippen molar-refractivity contribution in [1.29, 1.82) is 0 Å². The summed E-state index contributed by atoms with van der Waals surface area (Å²) in [6.07, 6.45) is -3.77. The van der Waals surface area contributed by atoms with Crippen LogP contribution < -0.4 is 0 Å². The molecule has 0 aromatic rings. The third-order valence-corrected chi connectivity index (χ3v) is 2.31. The quantitative estimate of drug-likeness (QED) is 0.679. The van der Waals surface area contributed by atoms with Crippen molar-refractivity contribution < 1.29 is 22.7 Å². The lowest BCUT2D eigenvalue weighted by atomic mass is 10.1. The summed E-state index contributed by atoms with van der Waals surface area (Å²) in [4.78, 5) is 13.0. The van der Waals surface area contributed by atoms with Gasteiger partial charge in [0.15, 0.2) is 0 Å². The number of halogens is 3. The molecule has 1 aliphatic heterocycles. The first-order chi connectivity index (χ1) is 8.07. The van der Waals surface area contributed by atoms with Crippen LogP contribution in [0.15, 0.2) is 11.6 Å². The second-order valence-electron chi connectivity index (χ2n) is 5.34. The van der Waals surface area contributed by atoms with Crippen LogP contribution in [0.4, 0.5) is 18.0 Å². The van der Waals surface area contributed by atoms with Crippen molar-refractivity contribution in [2.24, 2.45) is 0 Å². The zero-order valence-corrected chi connectivity index (χ0v) is 10.8. The van der Waals surface area contributed by atoms with Gasteiger partial charge in [0.1, 0.15) is 5.60 Å². The minimum Gasteiger partial charge on any atom is -0.444 e. The average molecular weight is 265 g/mol. The summed E-state index contributed by atoms with van der Waals surface area (Å²) in [7, 11) is 0. The van der Waals surface area contributed by atoms with Crippen LogP contribution in [-0.2, 0) is 4.74 Å². The van der Waals surface area contributed by atoms with Gasteiger partial charge in [-0.1, -0.05) is 6.08 Å². The van der Waals surface area contributed by atoms with Crippen LogP contribution in [0.5, 0.6) is 0 Å². The van der Waals surface area contributed by atoms with Crippen molar-refractivity contribution in [3.63, 3.8) is 0 Å². The Hall–Kier alpha value is -1.20. The van der Waals surface area contributed by atoms with Crippen molar-refractivity contribution in [1.82, 2.24) is 4.90 Å². The van der Waals surface area contributed by atoms with Crippen LogP contribution in [0.1, 0.15) is 33.6 Å². The van der Waals surface area contributed by atoms with Gasteiger partial charge >= 0.3 is 12.3 Å². The standard InChI is InChI=1S/C12H18F3NO2/c1-11(2,3)18-10(17)16-6-4-5-9(8-16)7-12(13,14)15/h5H,4,6-8H2,1-3H3. The molecule has 0 spiro atoms. The zero-order valence-electron chi connectivity index (χ0n) is 10.8. The summed E-state index contributed by atoms with van der Waals surface area (Å²) in [6, 6.07) is 0. The van der Waals surface area contributed by atoms with Crippen LogP contribution >= 0.6 is 0 Å². The fourth-order valence-corrected chi connectivity index (χ4v) is 1.68. The lowest BCUT2D eigenvalue weighted by molar-refractivity contribution is -0.128. The smallest absolute Gasteiger partial charge is 0.410 e. The summed E-state index contributed by atoms with van der Waals surface area (Å²) < 4.78 is 41.9. The molecule has 0 aromatic heterocycles. The number of ether oxygens (including phenoxy) is 1. The number of amides is 1. The van der Waals surface area contributed by atoms with E-state index in [1.165, 1.54) is 4.90 Å². The average Bonchev–Trinajstić information content (AvgIpc) is 2.12. The van der Waals surface area contributed by atoms with Gasteiger partial charge in [0.2, 0.25) is 0 Å². The third kappa shape index (κ3) is 5.42. The maximum absolute atomic E-state index is 12.3. The molecular formula is C12H18F3NO2. The highest BCUT2D eigenvalue weighted by Crippen LogP contribution is 2.27. The first-order valence-corrected chi connectivity index (χ1v) is 5.79. The molecule has 0 unspecified atom stereocenters. The van der Waals surface area contributed by atoms with Crippen molar-refractivity contribution in [3.05, 3.63) is 11.6 Å². The number of carbonyl (C=O) groups excluding carboxylic acids is 1. The minimum atomic E-state index is -4.23. The van der Waals surface area contributed by atoms with Crippen LogP contribution in [0.3, 0.4) is 0 Å². The van der Waals surface area contributed by atoms with Crippen molar-refractivity contribution in [3.8, 4) is 0 Å². The summed E-state index contributed by atoms with van der Waals surface area (Å²) >= 11 is 0. The Bertz CT molecular complexity index is 342. The molecule has 0 atom stereocenters. The van der Waals surface area contributed by atoms with E-state index in [9.17, 15) is 18.0 Å². The molecule has 0 fully saturated rings. The van der Waals surface area contributed by atoms with E-state index in [-0.39, 0.29) is 12.1 Å². The fraction of sp³-hybridized carbons (Fsp3) is 0.750. The van der Waals surface area contributed by atoms with Gasteiger partial charge in [-0.25, -0.2) is 4.79 Å². The molecule has 1 aliphatic rings. The molecule has 0 N–H and O–H groups in total. The second kappa shape index (κ2) is 5.20. The Morgan fingerprint density at radius 3 is 2.50 bits per heavy atom. The Kier molecular flexibility index (Phi) is 4.29. The van der Waals surface area contributed by atoms with Gasteiger partial charge in [0, 0.05) is 13.1 Å².